The van der Waals surface area contributed by atoms with E-state index in [1.165, 1.54) is 6.20 Å². The van der Waals surface area contributed by atoms with Crippen molar-refractivity contribution < 1.29 is 9.90 Å². The highest BCUT2D eigenvalue weighted by atomic mass is 32.2. The fourth-order valence-electron chi connectivity index (χ4n) is 1.14. The number of fused-ring (bicyclic) bond motifs is 1. The van der Waals surface area contributed by atoms with Gasteiger partial charge in [-0.2, -0.15) is 0 Å². The highest BCUT2D eigenvalue weighted by molar-refractivity contribution is 7.97. The van der Waals surface area contributed by atoms with Gasteiger partial charge in [-0.1, -0.05) is 0 Å². The van der Waals surface area contributed by atoms with E-state index in [0.717, 1.165) is 16.8 Å². The summed E-state index contributed by atoms with van der Waals surface area (Å²) >= 11 is 1.11. The number of nitrogens with zero attached hydrogens (tertiary/aromatic N) is 2. The number of aromatic carboxylic acids is 1. The lowest BCUT2D eigenvalue weighted by atomic mass is 10.5. The molecule has 0 aliphatic carbocycles. The van der Waals surface area contributed by atoms with Crippen molar-refractivity contribution in [2.75, 3.05) is 0 Å². The highest BCUT2D eigenvalue weighted by Gasteiger charge is 2.08. The quantitative estimate of drug-likeness (QED) is 0.721. The lowest BCUT2D eigenvalue weighted by molar-refractivity contribution is 0.0691. The van der Waals surface area contributed by atoms with Gasteiger partial charge in [0.15, 0.2) is 5.69 Å². The molecule has 72 valence electrons. The van der Waals surface area contributed by atoms with Gasteiger partial charge in [0.2, 0.25) is 0 Å². The zero-order chi connectivity index (χ0) is 10.1. The van der Waals surface area contributed by atoms with Crippen LogP contribution in [0.1, 0.15) is 10.5 Å². The Morgan fingerprint density at radius 3 is 2.93 bits per heavy atom. The summed E-state index contributed by atoms with van der Waals surface area (Å²) in [6.45, 7) is 0. The number of nitrogens with two attached hydrogens (primary N) is 1. The Hall–Kier alpha value is -1.53. The average molecular weight is 209 g/mol. The van der Waals surface area contributed by atoms with Crippen LogP contribution in [-0.4, -0.2) is 20.5 Å². The molecule has 3 N–H and O–H groups in total. The third-order valence-corrected chi connectivity index (χ3v) is 2.29. The van der Waals surface area contributed by atoms with Crippen molar-refractivity contribution in [1.29, 1.82) is 0 Å². The monoisotopic (exact) mass is 209 g/mol. The lowest BCUT2D eigenvalue weighted by Gasteiger charge is -1.95. The second-order valence-corrected chi connectivity index (χ2v) is 3.39. The van der Waals surface area contributed by atoms with Gasteiger partial charge in [-0.15, -0.1) is 0 Å². The van der Waals surface area contributed by atoms with E-state index in [9.17, 15) is 4.79 Å². The zero-order valence-corrected chi connectivity index (χ0v) is 7.86. The van der Waals surface area contributed by atoms with Gasteiger partial charge in [0.1, 0.15) is 5.65 Å². The van der Waals surface area contributed by atoms with E-state index in [2.05, 4.69) is 4.98 Å². The first-order valence-corrected chi connectivity index (χ1v) is 4.67. The van der Waals surface area contributed by atoms with Crippen LogP contribution < -0.4 is 5.14 Å². The lowest BCUT2D eigenvalue weighted by Crippen LogP contribution is -1.94. The molecule has 14 heavy (non-hydrogen) atoms. The number of carboxylic acids is 1. The maximum absolute atomic E-state index is 10.6. The fourth-order valence-corrected chi connectivity index (χ4v) is 1.47. The van der Waals surface area contributed by atoms with Gasteiger partial charge in [0.05, 0.1) is 0 Å². The van der Waals surface area contributed by atoms with E-state index in [1.54, 1.807) is 22.7 Å². The van der Waals surface area contributed by atoms with Gasteiger partial charge < -0.3 is 9.51 Å². The largest absolute Gasteiger partial charge is 0.476 e. The van der Waals surface area contributed by atoms with Crippen LogP contribution >= 0.6 is 11.9 Å². The van der Waals surface area contributed by atoms with Crippen LogP contribution in [0.4, 0.5) is 0 Å². The molecule has 2 rings (SSSR count). The van der Waals surface area contributed by atoms with Gasteiger partial charge in [0, 0.05) is 17.3 Å². The Labute approximate surface area is 83.7 Å². The molecular formula is C8H7N3O2S. The molecule has 0 atom stereocenters. The topological polar surface area (TPSA) is 80.6 Å². The number of rotatable bonds is 2. The Balaban J connectivity index is 2.60. The molecule has 0 unspecified atom stereocenters. The normalized spacial score (nSPS) is 10.6. The van der Waals surface area contributed by atoms with Gasteiger partial charge in [0.25, 0.3) is 0 Å². The molecule has 0 amide bonds. The predicted molar refractivity (Wildman–Crippen MR) is 52.2 cm³/mol. The predicted octanol–water partition coefficient (Wildman–Crippen LogP) is 0.998. The molecule has 0 fully saturated rings. The Bertz CT molecular complexity index is 494. The van der Waals surface area contributed by atoms with Crippen LogP contribution in [0.5, 0.6) is 0 Å². The smallest absolute Gasteiger partial charge is 0.356 e. The Morgan fingerprint density at radius 2 is 2.29 bits per heavy atom. The first-order chi connectivity index (χ1) is 6.70. The van der Waals surface area contributed by atoms with Crippen molar-refractivity contribution in [3.63, 3.8) is 0 Å². The second-order valence-electron chi connectivity index (χ2n) is 2.68. The number of aromatic nitrogens is 2. The van der Waals surface area contributed by atoms with Crippen LogP contribution in [0, 0.1) is 0 Å². The number of hydrogen-bond acceptors (Lipinski definition) is 4. The summed E-state index contributed by atoms with van der Waals surface area (Å²) in [5.41, 5.74) is 0.629. The van der Waals surface area contributed by atoms with Crippen molar-refractivity contribution in [2.24, 2.45) is 5.14 Å². The zero-order valence-electron chi connectivity index (χ0n) is 7.04. The van der Waals surface area contributed by atoms with Crippen LogP contribution in [-0.2, 0) is 0 Å². The minimum atomic E-state index is -1.03. The van der Waals surface area contributed by atoms with Crippen molar-refractivity contribution in [1.82, 2.24) is 9.38 Å². The Kier molecular flexibility index (Phi) is 2.14. The van der Waals surface area contributed by atoms with E-state index in [4.69, 9.17) is 10.2 Å². The summed E-state index contributed by atoms with van der Waals surface area (Å²) in [5, 5.41) is 14.1. The molecule has 0 saturated carbocycles. The molecule has 2 heterocycles. The summed E-state index contributed by atoms with van der Waals surface area (Å²) in [7, 11) is 0. The van der Waals surface area contributed by atoms with Crippen molar-refractivity contribution in [2.45, 2.75) is 4.90 Å². The average Bonchev–Trinajstić information content (AvgIpc) is 2.59. The highest BCUT2D eigenvalue weighted by Crippen LogP contribution is 2.13. The van der Waals surface area contributed by atoms with E-state index in [-0.39, 0.29) is 5.69 Å². The van der Waals surface area contributed by atoms with E-state index in [0.29, 0.717) is 5.65 Å². The number of carbonyl (C=O) groups is 1. The molecule has 0 aromatic carbocycles. The summed E-state index contributed by atoms with van der Waals surface area (Å²) in [6.07, 6.45) is 3.19. The molecule has 0 bridgehead atoms. The third-order valence-electron chi connectivity index (χ3n) is 1.78. The molecule has 5 nitrogen and oxygen atoms in total. The standard InChI is InChI=1S/C8H7N3O2S/c9-14-5-1-2-7-10-6(8(12)13)4-11(7)3-5/h1-4H,9H2,(H,12,13). The minimum Gasteiger partial charge on any atom is -0.476 e. The van der Waals surface area contributed by atoms with Crippen LogP contribution in [0.3, 0.4) is 0 Å². The van der Waals surface area contributed by atoms with Crippen LogP contribution in [0.2, 0.25) is 0 Å². The van der Waals surface area contributed by atoms with Crippen LogP contribution in [0.25, 0.3) is 5.65 Å². The van der Waals surface area contributed by atoms with Gasteiger partial charge in [-0.3, -0.25) is 5.14 Å². The molecule has 0 radical (unpaired) electrons. The summed E-state index contributed by atoms with van der Waals surface area (Å²) < 4.78 is 1.64. The molecule has 2 aromatic heterocycles. The van der Waals surface area contributed by atoms with E-state index in [1.807, 2.05) is 0 Å². The molecule has 6 heteroatoms. The van der Waals surface area contributed by atoms with Gasteiger partial charge in [-0.25, -0.2) is 9.78 Å². The number of pyridine rings is 1. The molecule has 0 spiro atoms. The van der Waals surface area contributed by atoms with Crippen molar-refractivity contribution in [3.8, 4) is 0 Å². The van der Waals surface area contributed by atoms with Crippen LogP contribution in [0.15, 0.2) is 29.4 Å². The first kappa shape index (κ1) is 9.04. The van der Waals surface area contributed by atoms with E-state index >= 15 is 0 Å². The summed E-state index contributed by atoms with van der Waals surface area (Å²) in [6, 6.07) is 3.51. The molecular weight excluding hydrogens is 202 g/mol. The number of hydrogen-bond donors (Lipinski definition) is 2. The van der Waals surface area contributed by atoms with E-state index < -0.39 is 5.97 Å². The molecule has 0 saturated heterocycles. The first-order valence-electron chi connectivity index (χ1n) is 3.79. The van der Waals surface area contributed by atoms with Gasteiger partial charge >= 0.3 is 5.97 Å². The maximum Gasteiger partial charge on any atom is 0.356 e. The maximum atomic E-state index is 10.6. The number of carboxylic acid groups (broad SMARTS) is 1. The third kappa shape index (κ3) is 1.45. The van der Waals surface area contributed by atoms with Crippen molar-refractivity contribution >= 4 is 23.6 Å². The minimum absolute atomic E-state index is 0.0316. The van der Waals surface area contributed by atoms with Gasteiger partial charge in [-0.05, 0) is 24.1 Å². The molecule has 2 aromatic rings. The second kappa shape index (κ2) is 3.32. The number of imidazole rings is 1. The molecule has 0 aliphatic heterocycles. The molecule has 0 aliphatic rings. The van der Waals surface area contributed by atoms with Crippen molar-refractivity contribution in [3.05, 3.63) is 30.2 Å². The summed E-state index contributed by atoms with van der Waals surface area (Å²) in [5.74, 6) is -1.03. The summed E-state index contributed by atoms with van der Waals surface area (Å²) in [4.78, 5) is 15.4. The SMILES string of the molecule is NSc1ccc2nc(C(=O)O)cn2c1. The fraction of sp³-hybridized carbons (Fsp3) is 0. The Morgan fingerprint density at radius 1 is 1.50 bits per heavy atom.